The lowest BCUT2D eigenvalue weighted by Gasteiger charge is -2.52. The van der Waals surface area contributed by atoms with E-state index >= 15 is 0 Å². The molecule has 1 aliphatic heterocycles. The van der Waals surface area contributed by atoms with E-state index in [1.807, 2.05) is 0 Å². The van der Waals surface area contributed by atoms with Gasteiger partial charge in [0.05, 0.1) is 12.2 Å². The molecule has 1 heterocycles. The normalized spacial score (nSPS) is 26.8. The average molecular weight is 267 g/mol. The number of ether oxygens (including phenoxy) is 1. The number of nitrogens with zero attached hydrogens (tertiary/aromatic N) is 1. The molecule has 5 nitrogen and oxygen atoms in total. The van der Waals surface area contributed by atoms with Crippen molar-refractivity contribution in [2.24, 2.45) is 0 Å². The molecule has 2 fully saturated rings. The van der Waals surface area contributed by atoms with Crippen molar-refractivity contribution >= 4 is 11.9 Å². The number of rotatable bonds is 1. The maximum absolute atomic E-state index is 12.4. The van der Waals surface area contributed by atoms with Crippen LogP contribution >= 0.6 is 0 Å². The summed E-state index contributed by atoms with van der Waals surface area (Å²) >= 11 is 0. The SMILES string of the molecule is O=C(O)C1N(C(=O)C(F)(F)F)CCOC12CCC2. The summed E-state index contributed by atoms with van der Waals surface area (Å²) in [4.78, 5) is 22.8. The lowest BCUT2D eigenvalue weighted by Crippen LogP contribution is -2.68. The van der Waals surface area contributed by atoms with Crippen molar-refractivity contribution in [2.45, 2.75) is 37.1 Å². The molecule has 1 amide bonds. The van der Waals surface area contributed by atoms with Gasteiger partial charge in [0.1, 0.15) is 0 Å². The van der Waals surface area contributed by atoms with E-state index in [1.54, 1.807) is 0 Å². The summed E-state index contributed by atoms with van der Waals surface area (Å²) in [6, 6.07) is -1.55. The molecule has 2 rings (SSSR count). The first-order valence-corrected chi connectivity index (χ1v) is 5.52. The molecule has 0 aromatic heterocycles. The number of alkyl halides is 3. The number of carboxylic acids is 1. The van der Waals surface area contributed by atoms with Gasteiger partial charge in [-0.2, -0.15) is 13.2 Å². The largest absolute Gasteiger partial charge is 0.480 e. The highest BCUT2D eigenvalue weighted by Crippen LogP contribution is 2.43. The van der Waals surface area contributed by atoms with Gasteiger partial charge in [0, 0.05) is 6.54 Å². The van der Waals surface area contributed by atoms with Crippen LogP contribution in [-0.4, -0.2) is 52.9 Å². The Hall–Kier alpha value is -1.31. The van der Waals surface area contributed by atoms with Crippen molar-refractivity contribution in [3.05, 3.63) is 0 Å². The van der Waals surface area contributed by atoms with E-state index in [9.17, 15) is 22.8 Å². The van der Waals surface area contributed by atoms with Crippen LogP contribution in [0.1, 0.15) is 19.3 Å². The Morgan fingerprint density at radius 1 is 1.33 bits per heavy atom. The van der Waals surface area contributed by atoms with E-state index in [2.05, 4.69) is 0 Å². The van der Waals surface area contributed by atoms with Crippen molar-refractivity contribution in [2.75, 3.05) is 13.2 Å². The zero-order valence-electron chi connectivity index (χ0n) is 9.37. The lowest BCUT2D eigenvalue weighted by atomic mass is 9.73. The fourth-order valence-electron chi connectivity index (χ4n) is 2.52. The van der Waals surface area contributed by atoms with Gasteiger partial charge < -0.3 is 14.7 Å². The number of carbonyl (C=O) groups excluding carboxylic acids is 1. The zero-order valence-corrected chi connectivity index (χ0v) is 9.37. The number of morpholine rings is 1. The molecule has 1 aliphatic carbocycles. The van der Waals surface area contributed by atoms with Gasteiger partial charge in [-0.3, -0.25) is 4.79 Å². The number of carbonyl (C=O) groups is 2. The average Bonchev–Trinajstić information content (AvgIpc) is 2.23. The van der Waals surface area contributed by atoms with E-state index in [-0.39, 0.29) is 13.2 Å². The van der Waals surface area contributed by atoms with Crippen LogP contribution in [0.2, 0.25) is 0 Å². The minimum Gasteiger partial charge on any atom is -0.480 e. The van der Waals surface area contributed by atoms with Crippen LogP contribution in [0.15, 0.2) is 0 Å². The summed E-state index contributed by atoms with van der Waals surface area (Å²) in [5.41, 5.74) is -1.13. The highest BCUT2D eigenvalue weighted by molar-refractivity contribution is 5.88. The Labute approximate surface area is 100 Å². The Kier molecular flexibility index (Phi) is 3.00. The fourth-order valence-corrected chi connectivity index (χ4v) is 2.52. The summed E-state index contributed by atoms with van der Waals surface area (Å²) in [6.45, 7) is -0.414. The number of amides is 1. The van der Waals surface area contributed by atoms with Crippen LogP contribution in [0, 0.1) is 0 Å². The molecule has 8 heteroatoms. The predicted molar refractivity (Wildman–Crippen MR) is 51.7 cm³/mol. The van der Waals surface area contributed by atoms with Crippen LogP contribution in [0.4, 0.5) is 13.2 Å². The zero-order chi connectivity index (χ0) is 13.6. The van der Waals surface area contributed by atoms with Crippen molar-refractivity contribution in [1.82, 2.24) is 4.90 Å². The Bertz CT molecular complexity index is 378. The Morgan fingerprint density at radius 3 is 2.33 bits per heavy atom. The maximum Gasteiger partial charge on any atom is 0.471 e. The van der Waals surface area contributed by atoms with Gasteiger partial charge >= 0.3 is 18.1 Å². The van der Waals surface area contributed by atoms with Gasteiger partial charge in [0.25, 0.3) is 0 Å². The highest BCUT2D eigenvalue weighted by Gasteiger charge is 2.58. The van der Waals surface area contributed by atoms with E-state index in [1.165, 1.54) is 0 Å². The number of hydrogen-bond acceptors (Lipinski definition) is 3. The van der Waals surface area contributed by atoms with Crippen molar-refractivity contribution in [3.8, 4) is 0 Å². The molecule has 0 radical (unpaired) electrons. The van der Waals surface area contributed by atoms with Crippen molar-refractivity contribution in [1.29, 1.82) is 0 Å². The third kappa shape index (κ3) is 1.94. The second-order valence-corrected chi connectivity index (χ2v) is 4.50. The van der Waals surface area contributed by atoms with Gasteiger partial charge in [-0.15, -0.1) is 0 Å². The Morgan fingerprint density at radius 2 is 1.94 bits per heavy atom. The van der Waals surface area contributed by atoms with E-state index in [0.717, 1.165) is 0 Å². The van der Waals surface area contributed by atoms with Crippen LogP contribution in [0.5, 0.6) is 0 Å². The molecule has 102 valence electrons. The molecular weight excluding hydrogens is 255 g/mol. The number of aliphatic carboxylic acids is 1. The van der Waals surface area contributed by atoms with Crippen LogP contribution in [-0.2, 0) is 14.3 Å². The van der Waals surface area contributed by atoms with Crippen molar-refractivity contribution < 1.29 is 32.6 Å². The molecule has 0 bridgehead atoms. The predicted octanol–water partition coefficient (Wildman–Crippen LogP) is 0.783. The quantitative estimate of drug-likeness (QED) is 0.762. The summed E-state index contributed by atoms with van der Waals surface area (Å²) < 4.78 is 42.6. The highest BCUT2D eigenvalue weighted by atomic mass is 19.4. The van der Waals surface area contributed by atoms with Crippen LogP contribution in [0.25, 0.3) is 0 Å². The molecule has 2 aliphatic rings. The van der Waals surface area contributed by atoms with Gasteiger partial charge in [-0.25, -0.2) is 4.79 Å². The molecule has 18 heavy (non-hydrogen) atoms. The number of carboxylic acid groups (broad SMARTS) is 1. The summed E-state index contributed by atoms with van der Waals surface area (Å²) in [7, 11) is 0. The topological polar surface area (TPSA) is 66.8 Å². The third-order valence-corrected chi connectivity index (χ3v) is 3.47. The van der Waals surface area contributed by atoms with Crippen LogP contribution in [0.3, 0.4) is 0 Å². The van der Waals surface area contributed by atoms with E-state index in [4.69, 9.17) is 9.84 Å². The second-order valence-electron chi connectivity index (χ2n) is 4.50. The molecule has 1 atom stereocenters. The maximum atomic E-state index is 12.4. The monoisotopic (exact) mass is 267 g/mol. The number of hydrogen-bond donors (Lipinski definition) is 1. The minimum absolute atomic E-state index is 0.0639. The van der Waals surface area contributed by atoms with Gasteiger partial charge in [0.15, 0.2) is 6.04 Å². The summed E-state index contributed by atoms with van der Waals surface area (Å²) in [5, 5.41) is 9.08. The molecule has 1 N–H and O–H groups in total. The number of halogens is 3. The molecule has 1 saturated heterocycles. The molecular formula is C10H12F3NO4. The van der Waals surface area contributed by atoms with E-state index in [0.29, 0.717) is 24.2 Å². The standard InChI is InChI=1S/C10H12F3NO4/c11-10(12,13)8(17)14-4-5-18-9(2-1-3-9)6(14)7(15)16/h6H,1-5H2,(H,15,16). The smallest absolute Gasteiger partial charge is 0.471 e. The molecule has 1 spiro atoms. The molecule has 1 saturated carbocycles. The van der Waals surface area contributed by atoms with E-state index < -0.39 is 29.7 Å². The first-order chi connectivity index (χ1) is 8.28. The second kappa shape index (κ2) is 4.11. The fraction of sp³-hybridized carbons (Fsp3) is 0.800. The first-order valence-electron chi connectivity index (χ1n) is 5.52. The molecule has 0 aromatic rings. The third-order valence-electron chi connectivity index (χ3n) is 3.47. The minimum atomic E-state index is -5.06. The van der Waals surface area contributed by atoms with Gasteiger partial charge in [-0.05, 0) is 19.3 Å². The van der Waals surface area contributed by atoms with Gasteiger partial charge in [-0.1, -0.05) is 0 Å². The molecule has 1 unspecified atom stereocenters. The summed E-state index contributed by atoms with van der Waals surface area (Å²) in [5.74, 6) is -3.56. The Balaban J connectivity index is 2.28. The summed E-state index contributed by atoms with van der Waals surface area (Å²) in [6.07, 6.45) is -3.63. The van der Waals surface area contributed by atoms with Crippen LogP contribution < -0.4 is 0 Å². The lowest BCUT2D eigenvalue weighted by molar-refractivity contribution is -0.223. The van der Waals surface area contributed by atoms with Crippen molar-refractivity contribution in [3.63, 3.8) is 0 Å². The first kappa shape index (κ1) is 13.1. The molecule has 0 aromatic carbocycles. The van der Waals surface area contributed by atoms with Gasteiger partial charge in [0.2, 0.25) is 0 Å².